The molecule has 2 heteroatoms. The maximum absolute atomic E-state index is 2.24. The van der Waals surface area contributed by atoms with Gasteiger partial charge in [0.25, 0.3) is 0 Å². The predicted octanol–water partition coefficient (Wildman–Crippen LogP) is 7.15. The Bertz CT molecular complexity index is 714. The average molecular weight is 365 g/mol. The molecule has 0 nitrogen and oxygen atoms in total. The second kappa shape index (κ2) is 9.17. The summed E-state index contributed by atoms with van der Waals surface area (Å²) >= 11 is 3.96. The zero-order valence-corrected chi connectivity index (χ0v) is 16.4. The van der Waals surface area contributed by atoms with Crippen LogP contribution in [-0.4, -0.2) is 4.58 Å². The molecule has 0 N–H and O–H groups in total. The van der Waals surface area contributed by atoms with Gasteiger partial charge in [0.1, 0.15) is 0 Å². The fourth-order valence-corrected chi connectivity index (χ4v) is 5.13. The van der Waals surface area contributed by atoms with E-state index in [2.05, 4.69) is 92.7 Å². The smallest absolute Gasteiger partial charge is 0.0600 e. The molecule has 0 spiro atoms. The van der Waals surface area contributed by atoms with Crippen LogP contribution in [0.25, 0.3) is 0 Å². The van der Waals surface area contributed by atoms with Crippen molar-refractivity contribution in [1.82, 2.24) is 0 Å². The van der Waals surface area contributed by atoms with Crippen LogP contribution in [-0.2, 0) is 6.42 Å². The van der Waals surface area contributed by atoms with E-state index in [1.807, 2.05) is 23.5 Å². The van der Waals surface area contributed by atoms with E-state index in [1.165, 1.54) is 26.5 Å². The Morgan fingerprint density at radius 3 is 1.60 bits per heavy atom. The first-order valence-corrected chi connectivity index (χ1v) is 10.5. The molecule has 25 heavy (non-hydrogen) atoms. The molecule has 0 radical (unpaired) electrons. The molecular formula is C23H24S2. The molecular weight excluding hydrogens is 340 g/mol. The van der Waals surface area contributed by atoms with Gasteiger partial charge >= 0.3 is 0 Å². The van der Waals surface area contributed by atoms with E-state index in [0.29, 0.717) is 4.58 Å². The molecule has 0 aliphatic rings. The molecule has 3 aromatic rings. The van der Waals surface area contributed by atoms with Gasteiger partial charge in [0, 0.05) is 9.79 Å². The fourth-order valence-electron chi connectivity index (χ4n) is 2.61. The molecule has 3 rings (SSSR count). The third-order valence-corrected chi connectivity index (χ3v) is 6.75. The minimum Gasteiger partial charge on any atom is -0.111 e. The maximum Gasteiger partial charge on any atom is 0.0600 e. The Labute approximate surface area is 160 Å². The van der Waals surface area contributed by atoms with Crippen LogP contribution in [0.1, 0.15) is 23.1 Å². The van der Waals surface area contributed by atoms with Gasteiger partial charge in [0.05, 0.1) is 4.58 Å². The van der Waals surface area contributed by atoms with Crippen LogP contribution in [0, 0.1) is 13.8 Å². The number of aryl methyl sites for hydroxylation is 3. The lowest BCUT2D eigenvalue weighted by Crippen LogP contribution is -2.00. The van der Waals surface area contributed by atoms with Crippen molar-refractivity contribution in [2.45, 2.75) is 41.1 Å². The summed E-state index contributed by atoms with van der Waals surface area (Å²) in [7, 11) is 0. The van der Waals surface area contributed by atoms with E-state index in [0.717, 1.165) is 12.8 Å². The summed E-state index contributed by atoms with van der Waals surface area (Å²) in [6.45, 7) is 4.28. The zero-order valence-electron chi connectivity index (χ0n) is 14.8. The largest absolute Gasteiger partial charge is 0.111 e. The SMILES string of the molecule is Cc1ccc(SC(CCc2ccccc2)Sc2ccc(C)cc2)cc1. The van der Waals surface area contributed by atoms with Gasteiger partial charge in [-0.2, -0.15) is 0 Å². The lowest BCUT2D eigenvalue weighted by atomic mass is 10.1. The molecule has 0 amide bonds. The van der Waals surface area contributed by atoms with Crippen LogP contribution in [0.2, 0.25) is 0 Å². The summed E-state index contributed by atoms with van der Waals surface area (Å²) in [4.78, 5) is 2.70. The zero-order chi connectivity index (χ0) is 17.5. The summed E-state index contributed by atoms with van der Waals surface area (Å²) in [5, 5.41) is 0. The molecule has 128 valence electrons. The Morgan fingerprint density at radius 1 is 0.640 bits per heavy atom. The lowest BCUT2D eigenvalue weighted by Gasteiger charge is -2.17. The van der Waals surface area contributed by atoms with Gasteiger partial charge in [-0.15, -0.1) is 23.5 Å². The molecule has 3 aromatic carbocycles. The molecule has 0 aliphatic carbocycles. The summed E-state index contributed by atoms with van der Waals surface area (Å²) in [5.41, 5.74) is 4.05. The molecule has 0 saturated carbocycles. The summed E-state index contributed by atoms with van der Waals surface area (Å²) in [6.07, 6.45) is 2.27. The van der Waals surface area contributed by atoms with Crippen molar-refractivity contribution >= 4 is 23.5 Å². The third-order valence-electron chi connectivity index (χ3n) is 4.09. The molecule has 0 heterocycles. The van der Waals surface area contributed by atoms with Crippen LogP contribution in [0.5, 0.6) is 0 Å². The van der Waals surface area contributed by atoms with Crippen molar-refractivity contribution in [3.63, 3.8) is 0 Å². The minimum atomic E-state index is 0.505. The third kappa shape index (κ3) is 5.98. The van der Waals surface area contributed by atoms with Gasteiger partial charge in [-0.1, -0.05) is 65.7 Å². The second-order valence-corrected chi connectivity index (χ2v) is 9.17. The Kier molecular flexibility index (Phi) is 6.66. The fraction of sp³-hybridized carbons (Fsp3) is 0.217. The van der Waals surface area contributed by atoms with E-state index >= 15 is 0 Å². The van der Waals surface area contributed by atoms with Crippen LogP contribution in [0.3, 0.4) is 0 Å². The molecule has 0 aromatic heterocycles. The summed E-state index contributed by atoms with van der Waals surface area (Å²) in [5.74, 6) is 0. The van der Waals surface area contributed by atoms with E-state index in [-0.39, 0.29) is 0 Å². The number of hydrogen-bond acceptors (Lipinski definition) is 2. The van der Waals surface area contributed by atoms with Gasteiger partial charge in [-0.05, 0) is 56.5 Å². The standard InChI is InChI=1S/C23H24S2/c1-18-8-13-21(14-9-18)24-23(17-12-20-6-4-3-5-7-20)25-22-15-10-19(2)11-16-22/h3-11,13-16,23H,12,17H2,1-2H3. The number of rotatable bonds is 7. The number of hydrogen-bond donors (Lipinski definition) is 0. The summed E-state index contributed by atoms with van der Waals surface area (Å²) < 4.78 is 0.505. The van der Waals surface area contributed by atoms with Crippen LogP contribution < -0.4 is 0 Å². The lowest BCUT2D eigenvalue weighted by molar-refractivity contribution is 0.903. The minimum absolute atomic E-state index is 0.505. The molecule has 0 saturated heterocycles. The van der Waals surface area contributed by atoms with Crippen molar-refractivity contribution in [2.24, 2.45) is 0 Å². The Balaban J connectivity index is 1.70. The summed E-state index contributed by atoms with van der Waals surface area (Å²) in [6, 6.07) is 28.6. The van der Waals surface area contributed by atoms with Crippen LogP contribution in [0.15, 0.2) is 88.7 Å². The highest BCUT2D eigenvalue weighted by Gasteiger charge is 2.13. The number of benzene rings is 3. The first-order chi connectivity index (χ1) is 12.2. The highest BCUT2D eigenvalue weighted by Crippen LogP contribution is 2.38. The van der Waals surface area contributed by atoms with Crippen molar-refractivity contribution in [1.29, 1.82) is 0 Å². The van der Waals surface area contributed by atoms with Gasteiger partial charge in [0.2, 0.25) is 0 Å². The number of thioether (sulfide) groups is 2. The molecule has 0 atom stereocenters. The molecule has 0 fully saturated rings. The molecule has 0 unspecified atom stereocenters. The van der Waals surface area contributed by atoms with E-state index in [9.17, 15) is 0 Å². The highest BCUT2D eigenvalue weighted by molar-refractivity contribution is 8.17. The second-order valence-electron chi connectivity index (χ2n) is 6.32. The van der Waals surface area contributed by atoms with Crippen molar-refractivity contribution < 1.29 is 0 Å². The highest BCUT2D eigenvalue weighted by atomic mass is 32.2. The predicted molar refractivity (Wildman–Crippen MR) is 113 cm³/mol. The Hall–Kier alpha value is -1.64. The first-order valence-electron chi connectivity index (χ1n) is 8.69. The molecule has 0 bridgehead atoms. The van der Waals surface area contributed by atoms with E-state index in [1.54, 1.807) is 0 Å². The monoisotopic (exact) mass is 364 g/mol. The average Bonchev–Trinajstić information content (AvgIpc) is 2.64. The molecule has 0 aliphatic heterocycles. The topological polar surface area (TPSA) is 0 Å². The quantitative estimate of drug-likeness (QED) is 0.322. The van der Waals surface area contributed by atoms with Crippen molar-refractivity contribution in [3.8, 4) is 0 Å². The van der Waals surface area contributed by atoms with Crippen molar-refractivity contribution in [3.05, 3.63) is 95.6 Å². The van der Waals surface area contributed by atoms with E-state index < -0.39 is 0 Å². The maximum atomic E-state index is 2.24. The van der Waals surface area contributed by atoms with Gasteiger partial charge in [-0.3, -0.25) is 0 Å². The van der Waals surface area contributed by atoms with E-state index in [4.69, 9.17) is 0 Å². The Morgan fingerprint density at radius 2 is 1.12 bits per heavy atom. The van der Waals surface area contributed by atoms with Crippen molar-refractivity contribution in [2.75, 3.05) is 0 Å². The van der Waals surface area contributed by atoms with Gasteiger partial charge in [-0.25, -0.2) is 0 Å². The van der Waals surface area contributed by atoms with Gasteiger partial charge < -0.3 is 0 Å². The van der Waals surface area contributed by atoms with Crippen LogP contribution >= 0.6 is 23.5 Å². The van der Waals surface area contributed by atoms with Crippen LogP contribution in [0.4, 0.5) is 0 Å². The first kappa shape index (κ1) is 18.2. The normalized spacial score (nSPS) is 11.0. The van der Waals surface area contributed by atoms with Gasteiger partial charge in [0.15, 0.2) is 0 Å².